The predicted octanol–water partition coefficient (Wildman–Crippen LogP) is 3.51. The summed E-state index contributed by atoms with van der Waals surface area (Å²) < 4.78 is 33.8. The minimum absolute atomic E-state index is 0.00422. The number of rotatable bonds is 6. The Labute approximate surface area is 176 Å². The molecule has 3 aromatic rings. The Balaban J connectivity index is 1.76. The quantitative estimate of drug-likeness (QED) is 0.654. The van der Waals surface area contributed by atoms with E-state index in [0.29, 0.717) is 12.2 Å². The lowest BCUT2D eigenvalue weighted by Gasteiger charge is -2.25. The molecule has 1 unspecified atom stereocenters. The van der Waals surface area contributed by atoms with Crippen LogP contribution in [0.15, 0.2) is 58.2 Å². The highest BCUT2D eigenvalue weighted by Crippen LogP contribution is 2.24. The number of hydrogen-bond acceptors (Lipinski definition) is 4. The zero-order valence-corrected chi connectivity index (χ0v) is 18.0. The molecule has 0 spiro atoms. The van der Waals surface area contributed by atoms with E-state index in [1.54, 1.807) is 30.3 Å². The molecule has 2 heterocycles. The zero-order chi connectivity index (χ0) is 21.3. The van der Waals surface area contributed by atoms with E-state index in [4.69, 9.17) is 4.74 Å². The van der Waals surface area contributed by atoms with Gasteiger partial charge in [0.2, 0.25) is 10.0 Å². The van der Waals surface area contributed by atoms with Crippen LogP contribution in [0, 0.1) is 13.8 Å². The maximum absolute atomic E-state index is 13.4. The molecule has 0 saturated carbocycles. The first-order valence-corrected chi connectivity index (χ1v) is 11.6. The first-order chi connectivity index (χ1) is 14.4. The molecule has 1 N–H and O–H groups in total. The number of nitrogens with zero attached hydrogens (tertiary/aromatic N) is 1. The zero-order valence-electron chi connectivity index (χ0n) is 17.2. The van der Waals surface area contributed by atoms with Gasteiger partial charge in [-0.25, -0.2) is 8.42 Å². The molecule has 0 radical (unpaired) electrons. The molecule has 30 heavy (non-hydrogen) atoms. The SMILES string of the molecule is Cc1ccc(C)c2[nH]c(=O)c(CN(CC3CCCO3)S(=O)(=O)c3ccccc3)cc12. The average molecular weight is 427 g/mol. The average Bonchev–Trinajstić information content (AvgIpc) is 3.25. The van der Waals surface area contributed by atoms with Crippen LogP contribution in [0.4, 0.5) is 0 Å². The topological polar surface area (TPSA) is 79.5 Å². The second-order valence-electron chi connectivity index (χ2n) is 7.86. The molecule has 0 bridgehead atoms. The van der Waals surface area contributed by atoms with Crippen LogP contribution in [0.1, 0.15) is 29.5 Å². The number of benzene rings is 2. The van der Waals surface area contributed by atoms with Gasteiger partial charge in [0.25, 0.3) is 5.56 Å². The molecule has 1 saturated heterocycles. The third-order valence-electron chi connectivity index (χ3n) is 5.68. The Morgan fingerprint density at radius 2 is 1.83 bits per heavy atom. The lowest BCUT2D eigenvalue weighted by Crippen LogP contribution is -2.38. The third kappa shape index (κ3) is 4.05. The summed E-state index contributed by atoms with van der Waals surface area (Å²) in [6, 6.07) is 14.1. The van der Waals surface area contributed by atoms with Gasteiger partial charge in [-0.05, 0) is 56.0 Å². The fourth-order valence-corrected chi connectivity index (χ4v) is 5.40. The minimum Gasteiger partial charge on any atom is -0.377 e. The van der Waals surface area contributed by atoms with Crippen LogP contribution < -0.4 is 5.56 Å². The second kappa shape index (κ2) is 8.34. The Hall–Kier alpha value is -2.48. The maximum atomic E-state index is 13.4. The lowest BCUT2D eigenvalue weighted by molar-refractivity contribution is 0.0925. The molecule has 1 aliphatic rings. The number of pyridine rings is 1. The summed E-state index contributed by atoms with van der Waals surface area (Å²) in [5.41, 5.74) is 2.96. The Morgan fingerprint density at radius 1 is 1.10 bits per heavy atom. The van der Waals surface area contributed by atoms with Gasteiger partial charge in [-0.15, -0.1) is 0 Å². The van der Waals surface area contributed by atoms with Crippen LogP contribution in [-0.2, 0) is 21.3 Å². The van der Waals surface area contributed by atoms with E-state index in [-0.39, 0.29) is 29.6 Å². The fraction of sp³-hybridized carbons (Fsp3) is 0.348. The van der Waals surface area contributed by atoms with Crippen molar-refractivity contribution in [1.29, 1.82) is 0 Å². The van der Waals surface area contributed by atoms with Gasteiger partial charge in [0.15, 0.2) is 0 Å². The monoisotopic (exact) mass is 426 g/mol. The smallest absolute Gasteiger partial charge is 0.252 e. The van der Waals surface area contributed by atoms with Crippen LogP contribution in [0.3, 0.4) is 0 Å². The summed E-state index contributed by atoms with van der Waals surface area (Å²) in [7, 11) is -3.77. The minimum atomic E-state index is -3.77. The van der Waals surface area contributed by atoms with Crippen molar-refractivity contribution in [2.24, 2.45) is 0 Å². The van der Waals surface area contributed by atoms with Crippen molar-refractivity contribution in [3.63, 3.8) is 0 Å². The summed E-state index contributed by atoms with van der Waals surface area (Å²) in [6.45, 7) is 4.78. The second-order valence-corrected chi connectivity index (χ2v) is 9.80. The number of H-pyrrole nitrogens is 1. The van der Waals surface area contributed by atoms with Gasteiger partial charge in [0.05, 0.1) is 16.5 Å². The highest BCUT2D eigenvalue weighted by atomic mass is 32.2. The van der Waals surface area contributed by atoms with Crippen LogP contribution in [0.5, 0.6) is 0 Å². The van der Waals surface area contributed by atoms with Crippen molar-refractivity contribution in [2.45, 2.75) is 44.2 Å². The normalized spacial score (nSPS) is 17.1. The van der Waals surface area contributed by atoms with Crippen LogP contribution >= 0.6 is 0 Å². The first-order valence-electron chi connectivity index (χ1n) is 10.1. The molecule has 6 nitrogen and oxygen atoms in total. The van der Waals surface area contributed by atoms with Gasteiger partial charge in [0.1, 0.15) is 0 Å². The molecule has 0 amide bonds. The van der Waals surface area contributed by atoms with Crippen molar-refractivity contribution in [2.75, 3.05) is 13.2 Å². The van der Waals surface area contributed by atoms with Crippen LogP contribution in [-0.4, -0.2) is 37.0 Å². The predicted molar refractivity (Wildman–Crippen MR) is 117 cm³/mol. The highest BCUT2D eigenvalue weighted by molar-refractivity contribution is 7.89. The summed E-state index contributed by atoms with van der Waals surface area (Å²) in [5, 5.41) is 0.929. The van der Waals surface area contributed by atoms with Crippen molar-refractivity contribution in [3.05, 3.63) is 75.6 Å². The van der Waals surface area contributed by atoms with Gasteiger partial charge in [-0.2, -0.15) is 4.31 Å². The van der Waals surface area contributed by atoms with E-state index in [9.17, 15) is 13.2 Å². The molecule has 1 aromatic heterocycles. The molecule has 2 aromatic carbocycles. The molecule has 158 valence electrons. The summed E-state index contributed by atoms with van der Waals surface area (Å²) >= 11 is 0. The number of hydrogen-bond donors (Lipinski definition) is 1. The van der Waals surface area contributed by atoms with Crippen LogP contribution in [0.2, 0.25) is 0 Å². The number of fused-ring (bicyclic) bond motifs is 1. The van der Waals surface area contributed by atoms with E-state index >= 15 is 0 Å². The van der Waals surface area contributed by atoms with Gasteiger partial charge < -0.3 is 9.72 Å². The van der Waals surface area contributed by atoms with Crippen molar-refractivity contribution in [3.8, 4) is 0 Å². The third-order valence-corrected chi connectivity index (χ3v) is 7.51. The molecular formula is C23H26N2O4S. The largest absolute Gasteiger partial charge is 0.377 e. The number of aromatic amines is 1. The summed E-state index contributed by atoms with van der Waals surface area (Å²) in [6.07, 6.45) is 1.57. The molecule has 7 heteroatoms. The number of nitrogens with one attached hydrogen (secondary N) is 1. The molecule has 0 aliphatic carbocycles. The molecule has 4 rings (SSSR count). The number of sulfonamides is 1. The Morgan fingerprint density at radius 3 is 2.53 bits per heavy atom. The molecule has 1 fully saturated rings. The highest BCUT2D eigenvalue weighted by Gasteiger charge is 2.30. The molecule has 1 atom stereocenters. The van der Waals surface area contributed by atoms with Crippen molar-refractivity contribution < 1.29 is 13.2 Å². The number of aryl methyl sites for hydroxylation is 2. The standard InChI is InChI=1S/C23H26N2O4S/c1-16-10-11-17(2)22-21(16)13-18(23(26)24-22)14-25(15-19-7-6-12-29-19)30(27,28)20-8-4-3-5-9-20/h3-5,8-11,13,19H,6-7,12,14-15H2,1-2H3,(H,24,26). The van der Waals surface area contributed by atoms with E-state index in [0.717, 1.165) is 34.9 Å². The van der Waals surface area contributed by atoms with Crippen molar-refractivity contribution >= 4 is 20.9 Å². The van der Waals surface area contributed by atoms with Gasteiger partial charge in [-0.3, -0.25) is 4.79 Å². The van der Waals surface area contributed by atoms with Crippen molar-refractivity contribution in [1.82, 2.24) is 9.29 Å². The maximum Gasteiger partial charge on any atom is 0.252 e. The van der Waals surface area contributed by atoms with Gasteiger partial charge >= 0.3 is 0 Å². The van der Waals surface area contributed by atoms with Crippen LogP contribution in [0.25, 0.3) is 10.9 Å². The lowest BCUT2D eigenvalue weighted by atomic mass is 10.0. The molecular weight excluding hydrogens is 400 g/mol. The van der Waals surface area contributed by atoms with E-state index in [1.165, 1.54) is 4.31 Å². The van der Waals surface area contributed by atoms with E-state index in [2.05, 4.69) is 4.98 Å². The molecule has 1 aliphatic heterocycles. The van der Waals surface area contributed by atoms with Gasteiger partial charge in [-0.1, -0.05) is 30.3 Å². The van der Waals surface area contributed by atoms with Gasteiger partial charge in [0, 0.05) is 30.6 Å². The summed E-state index contributed by atoms with van der Waals surface area (Å²) in [4.78, 5) is 16.0. The summed E-state index contributed by atoms with van der Waals surface area (Å²) in [5.74, 6) is 0. The Kier molecular flexibility index (Phi) is 5.77. The first kappa shape index (κ1) is 20.8. The number of aromatic nitrogens is 1. The Bertz CT molecular complexity index is 1210. The van der Waals surface area contributed by atoms with E-state index in [1.807, 2.05) is 32.0 Å². The van der Waals surface area contributed by atoms with E-state index < -0.39 is 10.0 Å². The number of ether oxygens (including phenoxy) is 1. The fourth-order valence-electron chi connectivity index (χ4n) is 3.93.